The van der Waals surface area contributed by atoms with Gasteiger partial charge in [-0.1, -0.05) is 6.92 Å². The number of aryl methyl sites for hydroxylation is 1. The van der Waals surface area contributed by atoms with Gasteiger partial charge in [-0.25, -0.2) is 9.97 Å². The van der Waals surface area contributed by atoms with Gasteiger partial charge in [-0.2, -0.15) is 0 Å². The molecule has 1 saturated carbocycles. The lowest BCUT2D eigenvalue weighted by molar-refractivity contribution is -0.124. The van der Waals surface area contributed by atoms with Gasteiger partial charge in [0.1, 0.15) is 12.1 Å². The maximum absolute atomic E-state index is 12.6. The molecule has 2 saturated heterocycles. The summed E-state index contributed by atoms with van der Waals surface area (Å²) in [6, 6.07) is 2.40. The number of hydrogen-bond acceptors (Lipinski definition) is 5. The van der Waals surface area contributed by atoms with E-state index in [1.54, 1.807) is 6.33 Å². The Bertz CT molecular complexity index is 630. The molecule has 3 fully saturated rings. The monoisotopic (exact) mass is 415 g/mol. The zero-order valence-corrected chi connectivity index (χ0v) is 17.6. The molecule has 0 radical (unpaired) electrons. The van der Waals surface area contributed by atoms with Crippen molar-refractivity contribution >= 4 is 36.5 Å². The highest BCUT2D eigenvalue weighted by molar-refractivity contribution is 5.85. The second-order valence-electron chi connectivity index (χ2n) is 7.86. The molecular formula is C19H31Cl2N5O. The third-order valence-corrected chi connectivity index (χ3v) is 6.34. The lowest BCUT2D eigenvalue weighted by Gasteiger charge is -2.33. The smallest absolute Gasteiger partial charge is 0.223 e. The van der Waals surface area contributed by atoms with E-state index in [9.17, 15) is 4.79 Å². The molecule has 1 amide bonds. The van der Waals surface area contributed by atoms with E-state index in [1.807, 2.05) is 0 Å². The maximum atomic E-state index is 12.6. The van der Waals surface area contributed by atoms with Crippen LogP contribution in [-0.2, 0) is 11.2 Å². The second-order valence-corrected chi connectivity index (χ2v) is 7.86. The predicted molar refractivity (Wildman–Crippen MR) is 112 cm³/mol. The predicted octanol–water partition coefficient (Wildman–Crippen LogP) is 2.36. The summed E-state index contributed by atoms with van der Waals surface area (Å²) in [6.07, 6.45) is 8.01. The first-order valence-corrected chi connectivity index (χ1v) is 9.77. The van der Waals surface area contributed by atoms with Gasteiger partial charge in [0.2, 0.25) is 5.91 Å². The van der Waals surface area contributed by atoms with E-state index in [2.05, 4.69) is 38.5 Å². The van der Waals surface area contributed by atoms with Crippen molar-refractivity contribution in [1.82, 2.24) is 20.6 Å². The zero-order chi connectivity index (χ0) is 17.3. The third-order valence-electron chi connectivity index (χ3n) is 6.34. The van der Waals surface area contributed by atoms with Crippen LogP contribution in [0.5, 0.6) is 0 Å². The van der Waals surface area contributed by atoms with Gasteiger partial charge >= 0.3 is 0 Å². The molecule has 1 atom stereocenters. The number of halogens is 2. The van der Waals surface area contributed by atoms with E-state index < -0.39 is 0 Å². The molecule has 1 aromatic rings. The van der Waals surface area contributed by atoms with Gasteiger partial charge in [0.15, 0.2) is 0 Å². The summed E-state index contributed by atoms with van der Waals surface area (Å²) in [7, 11) is 0. The van der Waals surface area contributed by atoms with Crippen LogP contribution in [0.4, 0.5) is 5.82 Å². The molecule has 0 aromatic carbocycles. The van der Waals surface area contributed by atoms with Crippen LogP contribution < -0.4 is 15.5 Å². The number of carbonyl (C=O) groups is 1. The first-order valence-electron chi connectivity index (χ1n) is 9.77. The van der Waals surface area contributed by atoms with Crippen molar-refractivity contribution in [3.8, 4) is 0 Å². The van der Waals surface area contributed by atoms with Crippen LogP contribution in [0.15, 0.2) is 12.4 Å². The number of aromatic nitrogens is 2. The van der Waals surface area contributed by atoms with Crippen molar-refractivity contribution in [3.05, 3.63) is 18.1 Å². The highest BCUT2D eigenvalue weighted by atomic mass is 35.5. The summed E-state index contributed by atoms with van der Waals surface area (Å²) in [5.41, 5.74) is 1.41. The number of nitrogens with zero attached hydrogens (tertiary/aromatic N) is 3. The molecule has 3 aliphatic rings. The first-order chi connectivity index (χ1) is 12.2. The summed E-state index contributed by atoms with van der Waals surface area (Å²) < 4.78 is 0. The molecule has 3 heterocycles. The van der Waals surface area contributed by atoms with Crippen LogP contribution in [0.25, 0.3) is 0 Å². The topological polar surface area (TPSA) is 70.2 Å². The van der Waals surface area contributed by atoms with E-state index >= 15 is 0 Å². The van der Waals surface area contributed by atoms with Gasteiger partial charge in [0.25, 0.3) is 0 Å². The van der Waals surface area contributed by atoms with Crippen molar-refractivity contribution in [1.29, 1.82) is 0 Å². The van der Waals surface area contributed by atoms with E-state index in [-0.39, 0.29) is 30.7 Å². The lowest BCUT2D eigenvalue weighted by atomic mass is 9.91. The Morgan fingerprint density at radius 1 is 1.26 bits per heavy atom. The minimum Gasteiger partial charge on any atom is -0.356 e. The van der Waals surface area contributed by atoms with Gasteiger partial charge < -0.3 is 15.5 Å². The Morgan fingerprint density at radius 3 is 2.63 bits per heavy atom. The molecule has 8 heteroatoms. The molecule has 152 valence electrons. The Balaban J connectivity index is 0.00000131. The third kappa shape index (κ3) is 4.84. The number of hydrogen-bond donors (Lipinski definition) is 2. The second kappa shape index (κ2) is 9.39. The van der Waals surface area contributed by atoms with E-state index in [1.165, 1.54) is 0 Å². The van der Waals surface area contributed by atoms with E-state index in [4.69, 9.17) is 0 Å². The molecule has 1 unspecified atom stereocenters. The fourth-order valence-corrected chi connectivity index (χ4v) is 4.50. The van der Waals surface area contributed by atoms with Crippen molar-refractivity contribution in [3.63, 3.8) is 0 Å². The zero-order valence-electron chi connectivity index (χ0n) is 15.9. The van der Waals surface area contributed by atoms with Crippen LogP contribution in [-0.4, -0.2) is 48.1 Å². The Kier molecular flexibility index (Phi) is 7.72. The molecular weight excluding hydrogens is 385 g/mol. The van der Waals surface area contributed by atoms with Crippen LogP contribution in [0.3, 0.4) is 0 Å². The van der Waals surface area contributed by atoms with E-state index in [0.717, 1.165) is 76.2 Å². The van der Waals surface area contributed by atoms with Gasteiger partial charge in [-0.3, -0.25) is 4.79 Å². The Hall–Kier alpha value is -1.11. The van der Waals surface area contributed by atoms with Crippen molar-refractivity contribution < 1.29 is 4.79 Å². The summed E-state index contributed by atoms with van der Waals surface area (Å²) in [5, 5.41) is 6.73. The van der Waals surface area contributed by atoms with Crippen LogP contribution in [0, 0.1) is 11.3 Å². The van der Waals surface area contributed by atoms with Crippen LogP contribution in [0.2, 0.25) is 0 Å². The number of piperidine rings is 2. The molecule has 6 nitrogen and oxygen atoms in total. The minimum absolute atomic E-state index is 0. The molecule has 1 spiro atoms. The summed E-state index contributed by atoms with van der Waals surface area (Å²) >= 11 is 0. The Morgan fingerprint density at radius 2 is 1.96 bits per heavy atom. The highest BCUT2D eigenvalue weighted by Gasteiger charge is 2.57. The van der Waals surface area contributed by atoms with Crippen LogP contribution in [0.1, 0.15) is 44.7 Å². The SMILES string of the molecule is CCc1cc(N2CCC(NC(=O)C3CC34CCNCC4)CC2)ncn1.Cl.Cl. The van der Waals surface area contributed by atoms with Gasteiger partial charge in [0.05, 0.1) is 0 Å². The van der Waals surface area contributed by atoms with Crippen molar-refractivity contribution in [2.24, 2.45) is 11.3 Å². The van der Waals surface area contributed by atoms with Crippen LogP contribution >= 0.6 is 24.8 Å². The average molecular weight is 416 g/mol. The highest BCUT2D eigenvalue weighted by Crippen LogP contribution is 2.58. The molecule has 1 aromatic heterocycles. The standard InChI is InChI=1S/C19H29N5O.2ClH/c1-2-14-11-17(22-13-21-14)24-9-3-15(4-10-24)23-18(25)16-12-19(16)5-7-20-8-6-19;;/h11,13,15-16,20H,2-10,12H2,1H3,(H,23,25);2*1H. The largest absolute Gasteiger partial charge is 0.356 e. The van der Waals surface area contributed by atoms with Gasteiger partial charge in [-0.15, -0.1) is 24.8 Å². The molecule has 2 aliphatic heterocycles. The van der Waals surface area contributed by atoms with Gasteiger partial charge in [0, 0.05) is 36.8 Å². The van der Waals surface area contributed by atoms with Crippen molar-refractivity contribution in [2.75, 3.05) is 31.1 Å². The summed E-state index contributed by atoms with van der Waals surface area (Å²) in [4.78, 5) is 23.6. The first kappa shape index (κ1) is 22.2. The van der Waals surface area contributed by atoms with Crippen molar-refractivity contribution in [2.45, 2.75) is 51.5 Å². The fourth-order valence-electron chi connectivity index (χ4n) is 4.50. The minimum atomic E-state index is 0. The lowest BCUT2D eigenvalue weighted by Crippen LogP contribution is -2.46. The Labute approximate surface area is 174 Å². The molecule has 0 bridgehead atoms. The maximum Gasteiger partial charge on any atom is 0.223 e. The number of carbonyl (C=O) groups excluding carboxylic acids is 1. The number of nitrogens with one attached hydrogen (secondary N) is 2. The molecule has 27 heavy (non-hydrogen) atoms. The summed E-state index contributed by atoms with van der Waals surface area (Å²) in [6.45, 7) is 6.15. The molecule has 2 N–H and O–H groups in total. The number of rotatable bonds is 4. The number of amides is 1. The quantitative estimate of drug-likeness (QED) is 0.789. The average Bonchev–Trinajstić information content (AvgIpc) is 3.36. The summed E-state index contributed by atoms with van der Waals surface area (Å²) in [5.74, 6) is 1.59. The normalized spacial score (nSPS) is 23.9. The number of anilines is 1. The fraction of sp³-hybridized carbons (Fsp3) is 0.737. The van der Waals surface area contributed by atoms with Gasteiger partial charge in [-0.05, 0) is 57.0 Å². The van der Waals surface area contributed by atoms with E-state index in [0.29, 0.717) is 17.4 Å². The molecule has 4 rings (SSSR count). The molecule has 1 aliphatic carbocycles.